The van der Waals surface area contributed by atoms with E-state index in [1.807, 2.05) is 0 Å². The lowest BCUT2D eigenvalue weighted by atomic mass is 10.2. The van der Waals surface area contributed by atoms with E-state index in [2.05, 4.69) is 36.9 Å². The zero-order chi connectivity index (χ0) is 16.1. The lowest BCUT2D eigenvalue weighted by molar-refractivity contribution is 0.0963. The number of carbonyl (C=O) groups is 2. The van der Waals surface area contributed by atoms with Gasteiger partial charge in [0.05, 0.1) is 0 Å². The van der Waals surface area contributed by atoms with Crippen LogP contribution in [-0.2, 0) is 0 Å². The Morgan fingerprint density at radius 2 is 1.86 bits per heavy atom. The van der Waals surface area contributed by atoms with Crippen LogP contribution in [0.4, 0.5) is 16.2 Å². The third kappa shape index (κ3) is 4.44. The molecule has 22 heavy (non-hydrogen) atoms. The zero-order valence-electron chi connectivity index (χ0n) is 11.5. The quantitative estimate of drug-likeness (QED) is 0.709. The molecule has 114 valence electrons. The lowest BCUT2D eigenvalue weighted by Gasteiger charge is -2.09. The molecule has 6 nitrogen and oxygen atoms in total. The Morgan fingerprint density at radius 3 is 2.55 bits per heavy atom. The largest absolute Gasteiger partial charge is 0.355 e. The van der Waals surface area contributed by atoms with Crippen molar-refractivity contribution in [2.75, 3.05) is 17.7 Å². The Labute approximate surface area is 140 Å². The van der Waals surface area contributed by atoms with E-state index in [1.54, 1.807) is 24.3 Å². The molecule has 2 aromatic rings. The molecule has 8 heteroatoms. The average Bonchev–Trinajstić information content (AvgIpc) is 2.45. The Hall–Kier alpha value is -2.12. The molecule has 0 saturated heterocycles. The number of urea groups is 1. The fourth-order valence-corrected chi connectivity index (χ4v) is 2.38. The van der Waals surface area contributed by atoms with E-state index < -0.39 is 6.03 Å². The number of hydrogen-bond donors (Lipinski definition) is 3. The number of hydrogen-bond acceptors (Lipinski definition) is 3. The summed E-state index contributed by atoms with van der Waals surface area (Å²) in [5.41, 5.74) is 1.42. The number of nitrogens with one attached hydrogen (secondary N) is 3. The number of anilines is 2. The van der Waals surface area contributed by atoms with Crippen molar-refractivity contribution in [3.05, 3.63) is 51.7 Å². The molecule has 0 atom stereocenters. The number of benzene rings is 1. The Kier molecular flexibility index (Phi) is 5.35. The minimum atomic E-state index is -0.455. The van der Waals surface area contributed by atoms with E-state index >= 15 is 0 Å². The highest BCUT2D eigenvalue weighted by atomic mass is 79.9. The highest BCUT2D eigenvalue weighted by Crippen LogP contribution is 2.20. The Morgan fingerprint density at radius 1 is 1.14 bits per heavy atom. The fraction of sp³-hybridized carbons (Fsp3) is 0.0714. The second-order valence-corrected chi connectivity index (χ2v) is 5.56. The second kappa shape index (κ2) is 7.24. The third-order valence-electron chi connectivity index (χ3n) is 2.63. The number of halogens is 2. The van der Waals surface area contributed by atoms with Gasteiger partial charge in [0.25, 0.3) is 5.91 Å². The molecule has 1 heterocycles. The molecule has 0 aliphatic carbocycles. The minimum Gasteiger partial charge on any atom is -0.355 e. The van der Waals surface area contributed by atoms with Crippen molar-refractivity contribution in [2.45, 2.75) is 0 Å². The summed E-state index contributed by atoms with van der Waals surface area (Å²) < 4.78 is 0.677. The molecule has 0 unspecified atom stereocenters. The van der Waals surface area contributed by atoms with E-state index in [4.69, 9.17) is 11.6 Å². The molecular formula is C14H12BrClN4O2. The maximum atomic E-state index is 12.0. The minimum absolute atomic E-state index is 0.245. The van der Waals surface area contributed by atoms with E-state index in [-0.39, 0.29) is 11.1 Å². The van der Waals surface area contributed by atoms with Crippen molar-refractivity contribution in [3.8, 4) is 0 Å². The summed E-state index contributed by atoms with van der Waals surface area (Å²) >= 11 is 9.05. The van der Waals surface area contributed by atoms with Crippen LogP contribution < -0.4 is 16.0 Å². The van der Waals surface area contributed by atoms with Crippen LogP contribution in [0.1, 0.15) is 10.4 Å². The predicted molar refractivity (Wildman–Crippen MR) is 89.4 cm³/mol. The van der Waals surface area contributed by atoms with Crippen molar-refractivity contribution in [3.63, 3.8) is 0 Å². The van der Waals surface area contributed by atoms with E-state index in [0.717, 1.165) is 0 Å². The standard InChI is InChI=1S/C14H12BrClN4O2/c1-17-13(21)8-4-9(15)6-11(5-8)20-14(22)19-10-2-3-18-12(16)7-10/h2-7H,1H3,(H,17,21)(H2,18,19,20,22). The summed E-state index contributed by atoms with van der Waals surface area (Å²) in [6.07, 6.45) is 1.49. The smallest absolute Gasteiger partial charge is 0.323 e. The van der Waals surface area contributed by atoms with Gasteiger partial charge in [0, 0.05) is 34.7 Å². The first-order valence-electron chi connectivity index (χ1n) is 6.20. The van der Waals surface area contributed by atoms with Crippen molar-refractivity contribution in [1.82, 2.24) is 10.3 Å². The molecule has 0 saturated carbocycles. The summed E-state index contributed by atoms with van der Waals surface area (Å²) in [5, 5.41) is 8.07. The van der Waals surface area contributed by atoms with Crippen LogP contribution in [0, 0.1) is 0 Å². The molecule has 0 fully saturated rings. The monoisotopic (exact) mass is 382 g/mol. The van der Waals surface area contributed by atoms with Crippen molar-refractivity contribution < 1.29 is 9.59 Å². The van der Waals surface area contributed by atoms with Crippen LogP contribution in [0.5, 0.6) is 0 Å². The summed E-state index contributed by atoms with van der Waals surface area (Å²) in [5.74, 6) is -0.245. The molecule has 1 aromatic carbocycles. The van der Waals surface area contributed by atoms with Gasteiger partial charge in [-0.25, -0.2) is 9.78 Å². The molecule has 0 aliphatic heterocycles. The van der Waals surface area contributed by atoms with Gasteiger partial charge in [-0.05, 0) is 30.3 Å². The van der Waals surface area contributed by atoms with E-state index in [9.17, 15) is 9.59 Å². The molecule has 3 amide bonds. The van der Waals surface area contributed by atoms with Gasteiger partial charge in [-0.15, -0.1) is 0 Å². The summed E-state index contributed by atoms with van der Waals surface area (Å²) in [4.78, 5) is 27.4. The van der Waals surface area contributed by atoms with Gasteiger partial charge in [0.1, 0.15) is 5.15 Å². The lowest BCUT2D eigenvalue weighted by Crippen LogP contribution is -2.21. The maximum Gasteiger partial charge on any atom is 0.323 e. The van der Waals surface area contributed by atoms with Gasteiger partial charge in [0.2, 0.25) is 0 Å². The number of rotatable bonds is 3. The second-order valence-electron chi connectivity index (χ2n) is 4.25. The molecule has 1 aromatic heterocycles. The van der Waals surface area contributed by atoms with Crippen molar-refractivity contribution in [2.24, 2.45) is 0 Å². The Balaban J connectivity index is 2.11. The van der Waals surface area contributed by atoms with E-state index in [0.29, 0.717) is 21.4 Å². The average molecular weight is 384 g/mol. The zero-order valence-corrected chi connectivity index (χ0v) is 13.8. The molecule has 2 rings (SSSR count). The number of carbonyl (C=O) groups excluding carboxylic acids is 2. The van der Waals surface area contributed by atoms with Crippen LogP contribution in [0.3, 0.4) is 0 Å². The normalized spacial score (nSPS) is 9.95. The predicted octanol–water partition coefficient (Wildman–Crippen LogP) is 3.50. The summed E-state index contributed by atoms with van der Waals surface area (Å²) in [6.45, 7) is 0. The van der Waals surface area contributed by atoms with Gasteiger partial charge >= 0.3 is 6.03 Å². The van der Waals surface area contributed by atoms with Gasteiger partial charge < -0.3 is 16.0 Å². The first-order valence-corrected chi connectivity index (χ1v) is 7.37. The molecule has 3 N–H and O–H groups in total. The van der Waals surface area contributed by atoms with Gasteiger partial charge in [-0.2, -0.15) is 0 Å². The number of pyridine rings is 1. The highest BCUT2D eigenvalue weighted by molar-refractivity contribution is 9.10. The highest BCUT2D eigenvalue weighted by Gasteiger charge is 2.09. The number of amides is 3. The maximum absolute atomic E-state index is 12.0. The first-order chi connectivity index (χ1) is 10.5. The van der Waals surface area contributed by atoms with Crippen LogP contribution in [0.25, 0.3) is 0 Å². The van der Waals surface area contributed by atoms with Crippen molar-refractivity contribution >= 4 is 50.8 Å². The topological polar surface area (TPSA) is 83.1 Å². The Bertz CT molecular complexity index is 724. The van der Waals surface area contributed by atoms with Gasteiger partial charge in [0.15, 0.2) is 0 Å². The fourth-order valence-electron chi connectivity index (χ4n) is 1.71. The van der Waals surface area contributed by atoms with E-state index in [1.165, 1.54) is 19.3 Å². The molecule has 0 spiro atoms. The van der Waals surface area contributed by atoms with Crippen LogP contribution in [0.15, 0.2) is 41.0 Å². The molecule has 0 radical (unpaired) electrons. The van der Waals surface area contributed by atoms with Crippen LogP contribution in [0.2, 0.25) is 5.15 Å². The molecule has 0 aliphatic rings. The molecular weight excluding hydrogens is 372 g/mol. The van der Waals surface area contributed by atoms with Crippen molar-refractivity contribution in [1.29, 1.82) is 0 Å². The molecule has 0 bridgehead atoms. The third-order valence-corrected chi connectivity index (χ3v) is 3.29. The van der Waals surface area contributed by atoms with Gasteiger partial charge in [-0.1, -0.05) is 27.5 Å². The van der Waals surface area contributed by atoms with Crippen LogP contribution in [-0.4, -0.2) is 24.0 Å². The SMILES string of the molecule is CNC(=O)c1cc(Br)cc(NC(=O)Nc2ccnc(Cl)c2)c1. The van der Waals surface area contributed by atoms with Gasteiger partial charge in [-0.3, -0.25) is 4.79 Å². The summed E-state index contributed by atoms with van der Waals surface area (Å²) in [7, 11) is 1.54. The summed E-state index contributed by atoms with van der Waals surface area (Å²) in [6, 6.07) is 7.60. The first kappa shape index (κ1) is 16.3. The number of nitrogens with zero attached hydrogens (tertiary/aromatic N) is 1. The number of aromatic nitrogens is 1. The van der Waals surface area contributed by atoms with Crippen LogP contribution >= 0.6 is 27.5 Å².